The van der Waals surface area contributed by atoms with Crippen molar-refractivity contribution in [2.24, 2.45) is 7.05 Å². The van der Waals surface area contributed by atoms with E-state index in [0.29, 0.717) is 0 Å². The molecular formula is C15H17N3S. The Morgan fingerprint density at radius 3 is 2.79 bits per heavy atom. The van der Waals surface area contributed by atoms with Gasteiger partial charge >= 0.3 is 0 Å². The second-order valence-corrected chi connectivity index (χ2v) is 6.04. The smallest absolute Gasteiger partial charge is 0.0521 e. The summed E-state index contributed by atoms with van der Waals surface area (Å²) in [4.78, 5) is 3.73. The van der Waals surface area contributed by atoms with Gasteiger partial charge in [-0.3, -0.25) is 9.58 Å². The maximum absolute atomic E-state index is 4.20. The van der Waals surface area contributed by atoms with Crippen LogP contribution in [0.25, 0.3) is 10.1 Å². The predicted molar refractivity (Wildman–Crippen MR) is 80.2 cm³/mol. The summed E-state index contributed by atoms with van der Waals surface area (Å²) in [5, 5.41) is 5.55. The standard InChI is InChI=1S/C15H17N3S/c1-17(10-13-7-8-16-18(13)2)11-14-9-12-5-3-4-6-15(12)19-14/h3-9H,10-11H2,1-2H3. The number of nitrogens with zero attached hydrogens (tertiary/aromatic N) is 3. The molecule has 3 nitrogen and oxygen atoms in total. The van der Waals surface area contributed by atoms with Crippen LogP contribution in [0.1, 0.15) is 10.6 Å². The molecular weight excluding hydrogens is 254 g/mol. The Morgan fingerprint density at radius 1 is 1.21 bits per heavy atom. The topological polar surface area (TPSA) is 21.1 Å². The molecule has 0 aliphatic carbocycles. The van der Waals surface area contributed by atoms with Gasteiger partial charge in [-0.25, -0.2) is 0 Å². The van der Waals surface area contributed by atoms with Gasteiger partial charge in [-0.2, -0.15) is 5.10 Å². The van der Waals surface area contributed by atoms with Gasteiger partial charge in [0.15, 0.2) is 0 Å². The number of rotatable bonds is 4. The highest BCUT2D eigenvalue weighted by atomic mass is 32.1. The molecule has 0 saturated carbocycles. The first-order chi connectivity index (χ1) is 9.22. The summed E-state index contributed by atoms with van der Waals surface area (Å²) in [6.45, 7) is 1.90. The highest BCUT2D eigenvalue weighted by Gasteiger charge is 2.07. The Labute approximate surface area is 117 Å². The lowest BCUT2D eigenvalue weighted by molar-refractivity contribution is 0.312. The molecule has 4 heteroatoms. The lowest BCUT2D eigenvalue weighted by atomic mass is 10.2. The second kappa shape index (κ2) is 5.15. The first-order valence-corrected chi connectivity index (χ1v) is 7.17. The summed E-state index contributed by atoms with van der Waals surface area (Å²) in [6.07, 6.45) is 1.85. The van der Waals surface area contributed by atoms with E-state index in [-0.39, 0.29) is 0 Å². The second-order valence-electron chi connectivity index (χ2n) is 4.87. The molecule has 3 aromatic rings. The minimum Gasteiger partial charge on any atom is -0.295 e. The molecule has 0 aliphatic rings. The zero-order valence-corrected chi connectivity index (χ0v) is 12.0. The Balaban J connectivity index is 1.72. The number of hydrogen-bond donors (Lipinski definition) is 0. The van der Waals surface area contributed by atoms with Crippen molar-refractivity contribution in [3.8, 4) is 0 Å². The van der Waals surface area contributed by atoms with Crippen LogP contribution in [-0.2, 0) is 20.1 Å². The van der Waals surface area contributed by atoms with E-state index in [1.165, 1.54) is 20.7 Å². The van der Waals surface area contributed by atoms with Gasteiger partial charge in [-0.15, -0.1) is 11.3 Å². The maximum atomic E-state index is 4.20. The molecule has 0 unspecified atom stereocenters. The maximum Gasteiger partial charge on any atom is 0.0521 e. The molecule has 3 rings (SSSR count). The van der Waals surface area contributed by atoms with Crippen LogP contribution in [-0.4, -0.2) is 21.7 Å². The Bertz CT molecular complexity index is 650. The normalized spacial score (nSPS) is 11.5. The number of thiophene rings is 1. The zero-order chi connectivity index (χ0) is 13.2. The predicted octanol–water partition coefficient (Wildman–Crippen LogP) is 3.27. The SMILES string of the molecule is CN(Cc1cc2ccccc2s1)Cc1ccnn1C. The van der Waals surface area contributed by atoms with Crippen LogP contribution in [0.4, 0.5) is 0 Å². The average Bonchev–Trinajstić information content (AvgIpc) is 2.95. The van der Waals surface area contributed by atoms with Gasteiger partial charge < -0.3 is 0 Å². The Morgan fingerprint density at radius 2 is 2.05 bits per heavy atom. The van der Waals surface area contributed by atoms with Crippen LogP contribution in [0.15, 0.2) is 42.6 Å². The fourth-order valence-corrected chi connectivity index (χ4v) is 3.41. The molecule has 2 aromatic heterocycles. The van der Waals surface area contributed by atoms with Crippen LogP contribution in [0.3, 0.4) is 0 Å². The molecule has 1 aromatic carbocycles. The molecule has 0 fully saturated rings. The largest absolute Gasteiger partial charge is 0.295 e. The highest BCUT2D eigenvalue weighted by Crippen LogP contribution is 2.26. The summed E-state index contributed by atoms with van der Waals surface area (Å²) in [6, 6.07) is 12.9. The van der Waals surface area contributed by atoms with Crippen molar-refractivity contribution in [2.75, 3.05) is 7.05 Å². The Kier molecular flexibility index (Phi) is 3.36. The molecule has 19 heavy (non-hydrogen) atoms. The van der Waals surface area contributed by atoms with Crippen LogP contribution in [0.5, 0.6) is 0 Å². The first kappa shape index (κ1) is 12.4. The van der Waals surface area contributed by atoms with Gasteiger partial charge in [0, 0.05) is 35.9 Å². The fraction of sp³-hybridized carbons (Fsp3) is 0.267. The van der Waals surface area contributed by atoms with Crippen molar-refractivity contribution in [2.45, 2.75) is 13.1 Å². The van der Waals surface area contributed by atoms with E-state index in [0.717, 1.165) is 13.1 Å². The van der Waals surface area contributed by atoms with Gasteiger partial charge in [-0.05, 0) is 30.6 Å². The van der Waals surface area contributed by atoms with Crippen LogP contribution in [0, 0.1) is 0 Å². The van der Waals surface area contributed by atoms with Gasteiger partial charge in [0.25, 0.3) is 0 Å². The molecule has 2 heterocycles. The number of fused-ring (bicyclic) bond motifs is 1. The van der Waals surface area contributed by atoms with Crippen LogP contribution in [0.2, 0.25) is 0 Å². The summed E-state index contributed by atoms with van der Waals surface area (Å²) in [7, 11) is 4.14. The van der Waals surface area contributed by atoms with E-state index in [1.54, 1.807) is 0 Å². The molecule has 0 radical (unpaired) electrons. The third kappa shape index (κ3) is 2.69. The Hall–Kier alpha value is -1.65. The summed E-state index contributed by atoms with van der Waals surface area (Å²) in [5.74, 6) is 0. The van der Waals surface area contributed by atoms with Crippen molar-refractivity contribution in [1.82, 2.24) is 14.7 Å². The number of hydrogen-bond acceptors (Lipinski definition) is 3. The van der Waals surface area contributed by atoms with Gasteiger partial charge in [0.05, 0.1) is 5.69 Å². The van der Waals surface area contributed by atoms with Crippen LogP contribution >= 0.6 is 11.3 Å². The summed E-state index contributed by atoms with van der Waals surface area (Å²) in [5.41, 5.74) is 1.24. The zero-order valence-electron chi connectivity index (χ0n) is 11.2. The van der Waals surface area contributed by atoms with Gasteiger partial charge in [0.1, 0.15) is 0 Å². The molecule has 0 atom stereocenters. The number of aromatic nitrogens is 2. The third-order valence-electron chi connectivity index (χ3n) is 3.26. The minimum atomic E-state index is 0.921. The lowest BCUT2D eigenvalue weighted by Gasteiger charge is -2.15. The van der Waals surface area contributed by atoms with E-state index in [9.17, 15) is 0 Å². The van der Waals surface area contributed by atoms with E-state index in [2.05, 4.69) is 53.4 Å². The van der Waals surface area contributed by atoms with E-state index < -0.39 is 0 Å². The highest BCUT2D eigenvalue weighted by molar-refractivity contribution is 7.19. The molecule has 0 saturated heterocycles. The van der Waals surface area contributed by atoms with Crippen molar-refractivity contribution in [3.05, 3.63) is 53.2 Å². The fourth-order valence-electron chi connectivity index (χ4n) is 2.27. The molecule has 0 amide bonds. The van der Waals surface area contributed by atoms with E-state index >= 15 is 0 Å². The average molecular weight is 271 g/mol. The number of benzene rings is 1. The molecule has 98 valence electrons. The third-order valence-corrected chi connectivity index (χ3v) is 4.36. The first-order valence-electron chi connectivity index (χ1n) is 6.35. The van der Waals surface area contributed by atoms with Crippen molar-refractivity contribution < 1.29 is 0 Å². The van der Waals surface area contributed by atoms with Crippen LogP contribution < -0.4 is 0 Å². The van der Waals surface area contributed by atoms with Gasteiger partial charge in [0.2, 0.25) is 0 Å². The molecule has 0 aliphatic heterocycles. The number of aryl methyl sites for hydroxylation is 1. The minimum absolute atomic E-state index is 0.921. The van der Waals surface area contributed by atoms with E-state index in [4.69, 9.17) is 0 Å². The van der Waals surface area contributed by atoms with Crippen molar-refractivity contribution in [1.29, 1.82) is 0 Å². The molecule has 0 spiro atoms. The van der Waals surface area contributed by atoms with Gasteiger partial charge in [-0.1, -0.05) is 18.2 Å². The van der Waals surface area contributed by atoms with Crippen molar-refractivity contribution in [3.63, 3.8) is 0 Å². The monoisotopic (exact) mass is 271 g/mol. The summed E-state index contributed by atoms with van der Waals surface area (Å²) < 4.78 is 3.30. The molecule has 0 N–H and O–H groups in total. The molecule has 0 bridgehead atoms. The van der Waals surface area contributed by atoms with E-state index in [1.807, 2.05) is 29.3 Å². The van der Waals surface area contributed by atoms with Crippen molar-refractivity contribution >= 4 is 21.4 Å². The lowest BCUT2D eigenvalue weighted by Crippen LogP contribution is -2.18. The summed E-state index contributed by atoms with van der Waals surface area (Å²) >= 11 is 1.88. The quantitative estimate of drug-likeness (QED) is 0.726.